The highest BCUT2D eigenvalue weighted by Crippen LogP contribution is 2.37. The number of sulfonamides is 1. The van der Waals surface area contributed by atoms with Gasteiger partial charge in [-0.05, 0) is 55.4 Å². The Morgan fingerprint density at radius 3 is 2.09 bits per heavy atom. The highest BCUT2D eigenvalue weighted by molar-refractivity contribution is 7.92. The zero-order valence-corrected chi connectivity index (χ0v) is 28.1. The fraction of sp³-hybridized carbons (Fsp3) is 0.324. The molecular formula is C34H37ClN4O5S2. The van der Waals surface area contributed by atoms with Crippen LogP contribution in [0.15, 0.2) is 84.9 Å². The lowest BCUT2D eigenvalue weighted by molar-refractivity contribution is -0.146. The molecule has 242 valence electrons. The summed E-state index contributed by atoms with van der Waals surface area (Å²) in [7, 11) is -1.99. The van der Waals surface area contributed by atoms with E-state index in [1.54, 1.807) is 24.3 Å². The number of urea groups is 1. The van der Waals surface area contributed by atoms with Crippen molar-refractivity contribution in [3.05, 3.63) is 100 Å². The number of ether oxygens (including phenoxy) is 1. The maximum Gasteiger partial charge on any atom is 0.323 e. The van der Waals surface area contributed by atoms with Gasteiger partial charge in [0.25, 0.3) is 0 Å². The third-order valence-electron chi connectivity index (χ3n) is 8.26. The Bertz CT molecular complexity index is 1690. The summed E-state index contributed by atoms with van der Waals surface area (Å²) in [6.07, 6.45) is 4.47. The molecule has 3 aromatic carbocycles. The number of halogens is 1. The van der Waals surface area contributed by atoms with Crippen molar-refractivity contribution in [2.24, 2.45) is 5.92 Å². The quantitative estimate of drug-likeness (QED) is 0.157. The third kappa shape index (κ3) is 8.65. The second kappa shape index (κ2) is 15.1. The lowest BCUT2D eigenvalue weighted by atomic mass is 9.84. The van der Waals surface area contributed by atoms with Crippen LogP contribution in [-0.2, 0) is 19.6 Å². The summed E-state index contributed by atoms with van der Waals surface area (Å²) in [5.41, 5.74) is 3.96. The molecule has 4 aromatic rings. The van der Waals surface area contributed by atoms with Crippen molar-refractivity contribution in [3.63, 3.8) is 0 Å². The van der Waals surface area contributed by atoms with Crippen molar-refractivity contribution in [1.29, 1.82) is 0 Å². The molecule has 1 aliphatic carbocycles. The monoisotopic (exact) mass is 680 g/mol. The smallest absolute Gasteiger partial charge is 0.323 e. The number of hydrogen-bond acceptors (Lipinski definition) is 7. The molecule has 46 heavy (non-hydrogen) atoms. The Labute approximate surface area is 279 Å². The largest absolute Gasteiger partial charge is 0.469 e. The zero-order chi connectivity index (χ0) is 32.7. The number of anilines is 2. The first-order chi connectivity index (χ1) is 22.1. The Morgan fingerprint density at radius 1 is 0.957 bits per heavy atom. The topological polar surface area (TPSA) is 118 Å². The Morgan fingerprint density at radius 2 is 1.54 bits per heavy atom. The molecular weight excluding hydrogens is 644 g/mol. The first-order valence-electron chi connectivity index (χ1n) is 15.1. The van der Waals surface area contributed by atoms with Gasteiger partial charge in [-0.15, -0.1) is 0 Å². The van der Waals surface area contributed by atoms with Gasteiger partial charge in [0.2, 0.25) is 10.0 Å². The predicted octanol–water partition coefficient (Wildman–Crippen LogP) is 7.62. The number of nitrogens with one attached hydrogen (secondary N) is 2. The molecule has 1 fully saturated rings. The van der Waals surface area contributed by atoms with Crippen LogP contribution < -0.4 is 10.0 Å². The fourth-order valence-electron chi connectivity index (χ4n) is 6.01. The van der Waals surface area contributed by atoms with Crippen molar-refractivity contribution >= 4 is 55.8 Å². The van der Waals surface area contributed by atoms with Crippen LogP contribution in [0.4, 0.5) is 15.6 Å². The molecule has 0 spiro atoms. The van der Waals surface area contributed by atoms with Crippen LogP contribution in [0, 0.1) is 5.92 Å². The lowest BCUT2D eigenvalue weighted by Crippen LogP contribution is -2.46. The second-order valence-corrected chi connectivity index (χ2v) is 14.8. The van der Waals surface area contributed by atoms with E-state index in [0.717, 1.165) is 17.6 Å². The van der Waals surface area contributed by atoms with Gasteiger partial charge in [-0.2, -0.15) is 0 Å². The fourth-order valence-corrected chi connectivity index (χ4v) is 7.65. The van der Waals surface area contributed by atoms with E-state index in [4.69, 9.17) is 16.3 Å². The summed E-state index contributed by atoms with van der Waals surface area (Å²) in [6.45, 7) is 0.495. The SMILES string of the molecule is COC(=O)[C@H]1CC[C@H](N(CCC(c2ccccc2)c2ccccc2)C(=O)Nc2nc(-c3ccc(NS(C)(=O)=O)cc3)c(Cl)s2)CC1. The minimum absolute atomic E-state index is 0.0575. The van der Waals surface area contributed by atoms with Gasteiger partial charge in [0.05, 0.1) is 19.3 Å². The molecule has 2 amide bonds. The second-order valence-electron chi connectivity index (χ2n) is 11.4. The number of amides is 2. The summed E-state index contributed by atoms with van der Waals surface area (Å²) in [4.78, 5) is 32.7. The molecule has 1 aliphatic rings. The average Bonchev–Trinajstić information content (AvgIpc) is 3.42. The number of esters is 1. The van der Waals surface area contributed by atoms with Crippen LogP contribution in [0.3, 0.4) is 0 Å². The van der Waals surface area contributed by atoms with Gasteiger partial charge in [-0.1, -0.05) is 95.7 Å². The summed E-state index contributed by atoms with van der Waals surface area (Å²) in [6, 6.07) is 27.0. The first kappa shape index (κ1) is 33.4. The molecule has 0 radical (unpaired) electrons. The molecule has 12 heteroatoms. The van der Waals surface area contributed by atoms with E-state index in [1.807, 2.05) is 41.3 Å². The van der Waals surface area contributed by atoms with Crippen LogP contribution in [-0.4, -0.2) is 56.3 Å². The average molecular weight is 681 g/mol. The number of thiazole rings is 1. The third-order valence-corrected chi connectivity index (χ3v) is 10.0. The molecule has 0 bridgehead atoms. The van der Waals surface area contributed by atoms with E-state index in [2.05, 4.69) is 39.3 Å². The molecule has 0 aliphatic heterocycles. The number of hydrogen-bond donors (Lipinski definition) is 2. The number of benzene rings is 3. The number of carbonyl (C=O) groups is 2. The molecule has 1 heterocycles. The van der Waals surface area contributed by atoms with Gasteiger partial charge in [0.1, 0.15) is 10.0 Å². The van der Waals surface area contributed by atoms with Crippen LogP contribution in [0.25, 0.3) is 11.3 Å². The molecule has 1 aromatic heterocycles. The summed E-state index contributed by atoms with van der Waals surface area (Å²) in [5.74, 6) is -0.273. The minimum atomic E-state index is -3.41. The van der Waals surface area contributed by atoms with E-state index in [1.165, 1.54) is 18.2 Å². The van der Waals surface area contributed by atoms with Crippen LogP contribution in [0.2, 0.25) is 4.34 Å². The summed E-state index contributed by atoms with van der Waals surface area (Å²) < 4.78 is 31.0. The van der Waals surface area contributed by atoms with Gasteiger partial charge in [0.15, 0.2) is 5.13 Å². The molecule has 2 N–H and O–H groups in total. The zero-order valence-electron chi connectivity index (χ0n) is 25.7. The van der Waals surface area contributed by atoms with Gasteiger partial charge >= 0.3 is 12.0 Å². The van der Waals surface area contributed by atoms with E-state index in [-0.39, 0.29) is 29.9 Å². The van der Waals surface area contributed by atoms with Gasteiger partial charge in [-0.25, -0.2) is 18.2 Å². The van der Waals surface area contributed by atoms with Crippen molar-refractivity contribution in [2.75, 3.05) is 29.9 Å². The summed E-state index contributed by atoms with van der Waals surface area (Å²) in [5, 5.41) is 3.35. The highest BCUT2D eigenvalue weighted by Gasteiger charge is 2.33. The first-order valence-corrected chi connectivity index (χ1v) is 18.2. The lowest BCUT2D eigenvalue weighted by Gasteiger charge is -2.37. The molecule has 0 unspecified atom stereocenters. The summed E-state index contributed by atoms with van der Waals surface area (Å²) >= 11 is 7.74. The van der Waals surface area contributed by atoms with Gasteiger partial charge in [0, 0.05) is 29.8 Å². The van der Waals surface area contributed by atoms with E-state index in [9.17, 15) is 18.0 Å². The van der Waals surface area contributed by atoms with Crippen molar-refractivity contribution < 1.29 is 22.7 Å². The molecule has 0 atom stereocenters. The number of aromatic nitrogens is 1. The Hall–Kier alpha value is -3.93. The van der Waals surface area contributed by atoms with Gasteiger partial charge < -0.3 is 9.64 Å². The minimum Gasteiger partial charge on any atom is -0.469 e. The molecule has 0 saturated heterocycles. The molecule has 5 rings (SSSR count). The van der Waals surface area contributed by atoms with Crippen LogP contribution in [0.1, 0.15) is 49.1 Å². The maximum atomic E-state index is 14.0. The van der Waals surface area contributed by atoms with Crippen molar-refractivity contribution in [2.45, 2.75) is 44.1 Å². The number of carbonyl (C=O) groups excluding carboxylic acids is 2. The van der Waals surface area contributed by atoms with Crippen molar-refractivity contribution in [3.8, 4) is 11.3 Å². The molecule has 9 nitrogen and oxygen atoms in total. The van der Waals surface area contributed by atoms with Gasteiger partial charge in [-0.3, -0.25) is 14.8 Å². The standard InChI is InChI=1S/C34H37ClN4O5S2/c1-44-32(40)26-15-19-28(20-16-26)39(22-21-29(23-9-5-3-6-10-23)24-11-7-4-8-12-24)34(41)37-33-36-30(31(35)45-33)25-13-17-27(18-14-25)38-46(2,42)43/h3-14,17-18,26,28-29,38H,15-16,19-22H2,1-2H3,(H,36,37,41)/t26-,28-. The predicted molar refractivity (Wildman–Crippen MR) is 184 cm³/mol. The van der Waals surface area contributed by atoms with Crippen molar-refractivity contribution in [1.82, 2.24) is 9.88 Å². The van der Waals surface area contributed by atoms with E-state index in [0.29, 0.717) is 65.1 Å². The number of rotatable bonds is 11. The van der Waals surface area contributed by atoms with E-state index >= 15 is 0 Å². The van der Waals surface area contributed by atoms with Crippen LogP contribution in [0.5, 0.6) is 0 Å². The number of nitrogens with zero attached hydrogens (tertiary/aromatic N) is 2. The Balaban J connectivity index is 1.36. The highest BCUT2D eigenvalue weighted by atomic mass is 35.5. The maximum absolute atomic E-state index is 14.0. The normalized spacial score (nSPS) is 16.5. The Kier molecular flexibility index (Phi) is 11.0. The number of methoxy groups -OCH3 is 1. The molecule has 1 saturated carbocycles. The van der Waals surface area contributed by atoms with Crippen LogP contribution >= 0.6 is 22.9 Å². The van der Waals surface area contributed by atoms with E-state index < -0.39 is 10.0 Å².